The predicted octanol–water partition coefficient (Wildman–Crippen LogP) is 3.19. The molecule has 0 aromatic heterocycles. The van der Waals surface area contributed by atoms with Crippen molar-refractivity contribution in [1.82, 2.24) is 4.90 Å². The van der Waals surface area contributed by atoms with Crippen LogP contribution in [0.3, 0.4) is 0 Å². The number of nitrogens with zero attached hydrogens (tertiary/aromatic N) is 1. The zero-order valence-electron chi connectivity index (χ0n) is 16.3. The van der Waals surface area contributed by atoms with Gasteiger partial charge in [0, 0.05) is 19.2 Å². The van der Waals surface area contributed by atoms with Crippen molar-refractivity contribution in [1.29, 1.82) is 0 Å². The highest BCUT2D eigenvalue weighted by Gasteiger charge is 2.23. The summed E-state index contributed by atoms with van der Waals surface area (Å²) in [6, 6.07) is 9.23. The molecule has 146 valence electrons. The Hall–Kier alpha value is -3.15. The van der Waals surface area contributed by atoms with Crippen LogP contribution in [0, 0.1) is 0 Å². The van der Waals surface area contributed by atoms with Crippen molar-refractivity contribution in [3.63, 3.8) is 0 Å². The fraction of sp³-hybridized carbons (Fsp3) is 0.318. The lowest BCUT2D eigenvalue weighted by Gasteiger charge is -2.21. The second-order valence-electron chi connectivity index (χ2n) is 6.79. The molecule has 0 spiro atoms. The van der Waals surface area contributed by atoms with Crippen molar-refractivity contribution in [2.24, 2.45) is 0 Å². The van der Waals surface area contributed by atoms with Gasteiger partial charge in [-0.25, -0.2) is 0 Å². The number of hydrogen-bond donors (Lipinski definition) is 0. The first-order valence-electron chi connectivity index (χ1n) is 9.23. The zero-order chi connectivity index (χ0) is 19.7. The quantitative estimate of drug-likeness (QED) is 0.758. The van der Waals surface area contributed by atoms with E-state index in [1.807, 2.05) is 30.2 Å². The van der Waals surface area contributed by atoms with E-state index in [0.717, 1.165) is 24.1 Å². The van der Waals surface area contributed by atoms with Gasteiger partial charge in [0.2, 0.25) is 5.78 Å². The summed E-state index contributed by atoms with van der Waals surface area (Å²) < 4.78 is 22.0. The lowest BCUT2D eigenvalue weighted by Crippen LogP contribution is -2.25. The molecule has 0 unspecified atom stereocenters. The summed E-state index contributed by atoms with van der Waals surface area (Å²) in [6.07, 6.45) is 2.73. The van der Waals surface area contributed by atoms with Crippen molar-refractivity contribution in [2.75, 3.05) is 41.0 Å². The number of ketones is 1. The Kier molecular flexibility index (Phi) is 4.86. The van der Waals surface area contributed by atoms with Crippen LogP contribution in [-0.2, 0) is 6.42 Å². The molecule has 6 nitrogen and oxygen atoms in total. The lowest BCUT2D eigenvalue weighted by molar-refractivity contribution is 0.0999. The summed E-state index contributed by atoms with van der Waals surface area (Å²) in [5.41, 5.74) is 3.28. The van der Waals surface area contributed by atoms with Gasteiger partial charge in [0.1, 0.15) is 13.2 Å². The third kappa shape index (κ3) is 3.26. The summed E-state index contributed by atoms with van der Waals surface area (Å²) >= 11 is 0. The highest BCUT2D eigenvalue weighted by Crippen LogP contribution is 2.35. The first-order valence-corrected chi connectivity index (χ1v) is 9.23. The zero-order valence-corrected chi connectivity index (χ0v) is 16.3. The van der Waals surface area contributed by atoms with Crippen LogP contribution in [0.5, 0.6) is 23.0 Å². The SMILES string of the molecule is COc1cc2c(cc1OC)CCN(C)C(C(=O)c1ccc3c(c1)OCCO3)=C2. The van der Waals surface area contributed by atoms with Crippen LogP contribution in [-0.4, -0.2) is 51.7 Å². The average Bonchev–Trinajstić information content (AvgIpc) is 2.90. The monoisotopic (exact) mass is 381 g/mol. The van der Waals surface area contributed by atoms with Crippen molar-refractivity contribution < 1.29 is 23.7 Å². The van der Waals surface area contributed by atoms with Crippen molar-refractivity contribution in [3.05, 3.63) is 52.7 Å². The molecule has 2 aromatic rings. The second kappa shape index (κ2) is 7.46. The van der Waals surface area contributed by atoms with Crippen molar-refractivity contribution >= 4 is 11.9 Å². The number of allylic oxidation sites excluding steroid dienone is 1. The topological polar surface area (TPSA) is 57.2 Å². The molecule has 2 heterocycles. The number of likely N-dealkylation sites (N-methyl/N-ethyl adjacent to an activating group) is 1. The van der Waals surface area contributed by atoms with Gasteiger partial charge in [-0.1, -0.05) is 0 Å². The lowest BCUT2D eigenvalue weighted by atomic mass is 10.0. The number of Topliss-reactive ketones (excluding diaryl/α,β-unsaturated/α-hetero) is 1. The molecule has 28 heavy (non-hydrogen) atoms. The van der Waals surface area contributed by atoms with E-state index in [-0.39, 0.29) is 5.78 Å². The van der Waals surface area contributed by atoms with E-state index in [0.29, 0.717) is 47.5 Å². The molecule has 0 aliphatic carbocycles. The highest BCUT2D eigenvalue weighted by molar-refractivity contribution is 6.11. The molecule has 0 amide bonds. The largest absolute Gasteiger partial charge is 0.493 e. The summed E-state index contributed by atoms with van der Waals surface area (Å²) in [7, 11) is 5.17. The van der Waals surface area contributed by atoms with Gasteiger partial charge in [0.05, 0.1) is 19.9 Å². The summed E-state index contributed by atoms with van der Waals surface area (Å²) in [5, 5.41) is 0. The number of fused-ring (bicyclic) bond motifs is 2. The number of ether oxygens (including phenoxy) is 4. The fourth-order valence-electron chi connectivity index (χ4n) is 3.53. The van der Waals surface area contributed by atoms with Crippen LogP contribution in [0.4, 0.5) is 0 Å². The maximum absolute atomic E-state index is 13.3. The van der Waals surface area contributed by atoms with E-state index in [4.69, 9.17) is 18.9 Å². The standard InChI is InChI=1S/C22H23NO5/c1-23-7-6-14-11-19(25-2)20(26-3)13-16(14)10-17(23)22(24)15-4-5-18-21(12-15)28-9-8-27-18/h4-5,10-13H,6-9H2,1-3H3. The average molecular weight is 381 g/mol. The molecule has 2 aliphatic heterocycles. The highest BCUT2D eigenvalue weighted by atomic mass is 16.6. The van der Waals surface area contributed by atoms with Gasteiger partial charge in [-0.2, -0.15) is 0 Å². The third-order valence-corrected chi connectivity index (χ3v) is 5.10. The Labute approximate surface area is 164 Å². The molecular weight excluding hydrogens is 358 g/mol. The maximum Gasteiger partial charge on any atom is 0.209 e. The van der Waals surface area contributed by atoms with E-state index in [1.165, 1.54) is 0 Å². The predicted molar refractivity (Wildman–Crippen MR) is 106 cm³/mol. The van der Waals surface area contributed by atoms with Gasteiger partial charge in [-0.05, 0) is 54.0 Å². The van der Waals surface area contributed by atoms with Gasteiger partial charge in [-0.3, -0.25) is 4.79 Å². The first-order chi connectivity index (χ1) is 13.6. The summed E-state index contributed by atoms with van der Waals surface area (Å²) in [5.74, 6) is 2.57. The van der Waals surface area contributed by atoms with Crippen LogP contribution in [0.15, 0.2) is 36.0 Å². The number of hydrogen-bond acceptors (Lipinski definition) is 6. The Morgan fingerprint density at radius 2 is 1.71 bits per heavy atom. The van der Waals surface area contributed by atoms with E-state index >= 15 is 0 Å². The van der Waals surface area contributed by atoms with Gasteiger partial charge in [-0.15, -0.1) is 0 Å². The molecular formula is C22H23NO5. The van der Waals surface area contributed by atoms with Crippen LogP contribution in [0.25, 0.3) is 6.08 Å². The molecule has 2 aromatic carbocycles. The minimum Gasteiger partial charge on any atom is -0.493 e. The first kappa shape index (κ1) is 18.2. The number of methoxy groups -OCH3 is 2. The smallest absolute Gasteiger partial charge is 0.209 e. The number of benzene rings is 2. The molecule has 4 rings (SSSR count). The van der Waals surface area contributed by atoms with E-state index in [1.54, 1.807) is 32.4 Å². The Balaban J connectivity index is 1.73. The molecule has 0 saturated carbocycles. The second-order valence-corrected chi connectivity index (χ2v) is 6.79. The molecule has 6 heteroatoms. The summed E-state index contributed by atoms with van der Waals surface area (Å²) in [4.78, 5) is 15.3. The van der Waals surface area contributed by atoms with Gasteiger partial charge in [0.25, 0.3) is 0 Å². The van der Waals surface area contributed by atoms with Crippen LogP contribution in [0.1, 0.15) is 21.5 Å². The minimum atomic E-state index is -0.0536. The molecule has 2 aliphatic rings. The van der Waals surface area contributed by atoms with E-state index in [2.05, 4.69) is 0 Å². The Morgan fingerprint density at radius 3 is 2.46 bits per heavy atom. The van der Waals surface area contributed by atoms with Crippen molar-refractivity contribution in [2.45, 2.75) is 6.42 Å². The molecule has 0 atom stereocenters. The fourth-order valence-corrected chi connectivity index (χ4v) is 3.53. The molecule has 0 saturated heterocycles. The van der Waals surface area contributed by atoms with Crippen LogP contribution >= 0.6 is 0 Å². The third-order valence-electron chi connectivity index (χ3n) is 5.10. The molecule has 0 fully saturated rings. The molecule has 0 bridgehead atoms. The number of carbonyl (C=O) groups is 1. The normalized spacial score (nSPS) is 15.2. The number of carbonyl (C=O) groups excluding carboxylic acids is 1. The van der Waals surface area contributed by atoms with Crippen LogP contribution in [0.2, 0.25) is 0 Å². The van der Waals surface area contributed by atoms with Gasteiger partial charge in [0.15, 0.2) is 23.0 Å². The maximum atomic E-state index is 13.3. The summed E-state index contributed by atoms with van der Waals surface area (Å²) in [6.45, 7) is 1.74. The van der Waals surface area contributed by atoms with E-state index in [9.17, 15) is 4.79 Å². The van der Waals surface area contributed by atoms with Gasteiger partial charge >= 0.3 is 0 Å². The molecule has 0 radical (unpaired) electrons. The van der Waals surface area contributed by atoms with Gasteiger partial charge < -0.3 is 23.8 Å². The Bertz CT molecular complexity index is 950. The minimum absolute atomic E-state index is 0.0536. The van der Waals surface area contributed by atoms with E-state index < -0.39 is 0 Å². The molecule has 0 N–H and O–H groups in total. The Morgan fingerprint density at radius 1 is 1.00 bits per heavy atom. The van der Waals surface area contributed by atoms with Crippen molar-refractivity contribution in [3.8, 4) is 23.0 Å². The number of rotatable bonds is 4. The van der Waals surface area contributed by atoms with Crippen LogP contribution < -0.4 is 18.9 Å².